The average molecular weight is 285 g/mol. The third kappa shape index (κ3) is 5.62. The number of amides is 1. The van der Waals surface area contributed by atoms with Crippen molar-refractivity contribution in [2.75, 3.05) is 11.4 Å². The molecular formula is C15H25ClN2O. The van der Waals surface area contributed by atoms with E-state index in [0.29, 0.717) is 0 Å². The highest BCUT2D eigenvalue weighted by Gasteiger charge is 2.20. The maximum absolute atomic E-state index is 12.3. The highest BCUT2D eigenvalue weighted by atomic mass is 35.5. The molecular weight excluding hydrogens is 260 g/mol. The number of carbonyl (C=O) groups is 1. The molecule has 1 aromatic rings. The molecule has 0 aromatic heterocycles. The molecule has 0 radical (unpaired) electrons. The second-order valence-corrected chi connectivity index (χ2v) is 4.57. The van der Waals surface area contributed by atoms with Crippen molar-refractivity contribution in [1.82, 2.24) is 0 Å². The van der Waals surface area contributed by atoms with Crippen molar-refractivity contribution in [2.24, 2.45) is 5.73 Å². The van der Waals surface area contributed by atoms with Gasteiger partial charge in [-0.15, -0.1) is 12.4 Å². The van der Waals surface area contributed by atoms with Gasteiger partial charge in [0.05, 0.1) is 6.04 Å². The van der Waals surface area contributed by atoms with E-state index < -0.39 is 0 Å². The molecule has 19 heavy (non-hydrogen) atoms. The van der Waals surface area contributed by atoms with Crippen molar-refractivity contribution in [1.29, 1.82) is 0 Å². The Bertz CT molecular complexity index is 356. The minimum absolute atomic E-state index is 0. The van der Waals surface area contributed by atoms with Crippen LogP contribution in [0.1, 0.15) is 39.5 Å². The summed E-state index contributed by atoms with van der Waals surface area (Å²) in [7, 11) is 0. The Kier molecular flexibility index (Phi) is 9.27. The minimum Gasteiger partial charge on any atom is -0.320 e. The predicted molar refractivity (Wildman–Crippen MR) is 83.8 cm³/mol. The maximum atomic E-state index is 12.3. The summed E-state index contributed by atoms with van der Waals surface area (Å²) < 4.78 is 0. The molecule has 1 unspecified atom stereocenters. The van der Waals surface area contributed by atoms with Crippen molar-refractivity contribution in [3.8, 4) is 0 Å². The van der Waals surface area contributed by atoms with Crippen LogP contribution >= 0.6 is 12.4 Å². The molecule has 0 saturated carbocycles. The van der Waals surface area contributed by atoms with Gasteiger partial charge in [-0.25, -0.2) is 0 Å². The van der Waals surface area contributed by atoms with E-state index in [0.717, 1.165) is 37.9 Å². The minimum atomic E-state index is -0.382. The molecule has 0 saturated heterocycles. The molecule has 4 heteroatoms. The first-order valence-corrected chi connectivity index (χ1v) is 6.82. The molecule has 1 aromatic carbocycles. The average Bonchev–Trinajstić information content (AvgIpc) is 2.40. The molecule has 1 amide bonds. The first-order chi connectivity index (χ1) is 8.70. The third-order valence-corrected chi connectivity index (χ3v) is 2.99. The van der Waals surface area contributed by atoms with Gasteiger partial charge in [0.1, 0.15) is 0 Å². The smallest absolute Gasteiger partial charge is 0.243 e. The number of hydrogen-bond donors (Lipinski definition) is 1. The number of nitrogens with two attached hydrogens (primary N) is 1. The van der Waals surface area contributed by atoms with Gasteiger partial charge in [-0.05, 0) is 25.0 Å². The summed E-state index contributed by atoms with van der Waals surface area (Å²) in [6, 6.07) is 9.41. The number of para-hydroxylation sites is 1. The van der Waals surface area contributed by atoms with Gasteiger partial charge in [0, 0.05) is 12.2 Å². The van der Waals surface area contributed by atoms with Crippen LogP contribution in [-0.4, -0.2) is 18.5 Å². The van der Waals surface area contributed by atoms with Gasteiger partial charge in [-0.1, -0.05) is 44.9 Å². The predicted octanol–water partition coefficient (Wildman–Crippen LogP) is 3.37. The second kappa shape index (κ2) is 9.82. The van der Waals surface area contributed by atoms with Gasteiger partial charge in [0.2, 0.25) is 5.91 Å². The maximum Gasteiger partial charge on any atom is 0.243 e. The number of benzene rings is 1. The number of hydrogen-bond acceptors (Lipinski definition) is 2. The summed E-state index contributed by atoms with van der Waals surface area (Å²) in [5.41, 5.74) is 6.89. The van der Waals surface area contributed by atoms with Crippen LogP contribution in [0, 0.1) is 0 Å². The fraction of sp³-hybridized carbons (Fsp3) is 0.533. The van der Waals surface area contributed by atoms with E-state index in [9.17, 15) is 4.79 Å². The number of anilines is 1. The van der Waals surface area contributed by atoms with Crippen LogP contribution in [0.2, 0.25) is 0 Å². The van der Waals surface area contributed by atoms with Gasteiger partial charge >= 0.3 is 0 Å². The molecule has 0 aliphatic heterocycles. The molecule has 0 aliphatic carbocycles. The van der Waals surface area contributed by atoms with Crippen molar-refractivity contribution < 1.29 is 4.79 Å². The molecule has 0 spiro atoms. The lowest BCUT2D eigenvalue weighted by atomic mass is 10.1. The summed E-state index contributed by atoms with van der Waals surface area (Å²) in [6.07, 6.45) is 3.75. The second-order valence-electron chi connectivity index (χ2n) is 4.57. The Balaban J connectivity index is 0.00000324. The molecule has 0 fully saturated rings. The fourth-order valence-electron chi connectivity index (χ4n) is 1.93. The lowest BCUT2D eigenvalue weighted by Gasteiger charge is -2.25. The van der Waals surface area contributed by atoms with Gasteiger partial charge in [0.15, 0.2) is 0 Å². The van der Waals surface area contributed by atoms with Crippen LogP contribution in [0.5, 0.6) is 0 Å². The van der Waals surface area contributed by atoms with Gasteiger partial charge < -0.3 is 10.6 Å². The van der Waals surface area contributed by atoms with E-state index in [-0.39, 0.29) is 24.4 Å². The van der Waals surface area contributed by atoms with Crippen molar-refractivity contribution in [3.63, 3.8) is 0 Å². The summed E-state index contributed by atoms with van der Waals surface area (Å²) in [5.74, 6) is 0.0384. The monoisotopic (exact) mass is 284 g/mol. The molecule has 1 atom stereocenters. The van der Waals surface area contributed by atoms with E-state index in [1.165, 1.54) is 0 Å². The Morgan fingerprint density at radius 1 is 1.21 bits per heavy atom. The summed E-state index contributed by atoms with van der Waals surface area (Å²) in [5, 5.41) is 0. The van der Waals surface area contributed by atoms with Crippen LogP contribution < -0.4 is 10.6 Å². The topological polar surface area (TPSA) is 46.3 Å². The Morgan fingerprint density at radius 2 is 1.84 bits per heavy atom. The van der Waals surface area contributed by atoms with Crippen LogP contribution in [-0.2, 0) is 4.79 Å². The largest absolute Gasteiger partial charge is 0.320 e. The van der Waals surface area contributed by atoms with Crippen LogP contribution in [0.15, 0.2) is 30.3 Å². The summed E-state index contributed by atoms with van der Waals surface area (Å²) in [4.78, 5) is 14.2. The lowest BCUT2D eigenvalue weighted by molar-refractivity contribution is -0.120. The Morgan fingerprint density at radius 3 is 2.37 bits per heavy atom. The first-order valence-electron chi connectivity index (χ1n) is 6.82. The molecule has 2 N–H and O–H groups in total. The molecule has 0 aliphatic rings. The number of unbranched alkanes of at least 4 members (excludes halogenated alkanes) is 1. The molecule has 1 rings (SSSR count). The van der Waals surface area contributed by atoms with E-state index >= 15 is 0 Å². The van der Waals surface area contributed by atoms with E-state index in [4.69, 9.17) is 5.73 Å². The van der Waals surface area contributed by atoms with Crippen molar-refractivity contribution in [3.05, 3.63) is 30.3 Å². The zero-order valence-electron chi connectivity index (χ0n) is 11.8. The fourth-order valence-corrected chi connectivity index (χ4v) is 1.93. The highest BCUT2D eigenvalue weighted by molar-refractivity contribution is 5.96. The van der Waals surface area contributed by atoms with E-state index in [1.54, 1.807) is 0 Å². The van der Waals surface area contributed by atoms with Gasteiger partial charge in [0.25, 0.3) is 0 Å². The van der Waals surface area contributed by atoms with Gasteiger partial charge in [-0.3, -0.25) is 4.79 Å². The normalized spacial score (nSPS) is 11.5. The van der Waals surface area contributed by atoms with Gasteiger partial charge in [-0.2, -0.15) is 0 Å². The Labute approximate surface area is 122 Å². The summed E-state index contributed by atoms with van der Waals surface area (Å²) in [6.45, 7) is 4.92. The van der Waals surface area contributed by atoms with Crippen LogP contribution in [0.4, 0.5) is 5.69 Å². The number of halogens is 1. The molecule has 3 nitrogen and oxygen atoms in total. The zero-order valence-corrected chi connectivity index (χ0v) is 12.7. The highest BCUT2D eigenvalue weighted by Crippen LogP contribution is 2.16. The van der Waals surface area contributed by atoms with Crippen molar-refractivity contribution >= 4 is 24.0 Å². The molecule has 0 heterocycles. The quantitative estimate of drug-likeness (QED) is 0.834. The Hall–Kier alpha value is -1.06. The van der Waals surface area contributed by atoms with E-state index in [2.05, 4.69) is 6.92 Å². The van der Waals surface area contributed by atoms with Crippen molar-refractivity contribution in [2.45, 2.75) is 45.6 Å². The summed E-state index contributed by atoms with van der Waals surface area (Å²) >= 11 is 0. The van der Waals surface area contributed by atoms with Crippen LogP contribution in [0.25, 0.3) is 0 Å². The SMILES string of the molecule is CCCCN(C(=O)C(N)CCC)c1ccccc1.Cl. The third-order valence-electron chi connectivity index (χ3n) is 2.99. The molecule has 108 valence electrons. The van der Waals surface area contributed by atoms with E-state index in [1.807, 2.05) is 42.2 Å². The number of rotatable bonds is 7. The lowest BCUT2D eigenvalue weighted by Crippen LogP contribution is -2.44. The number of carbonyl (C=O) groups excluding carboxylic acids is 1. The zero-order chi connectivity index (χ0) is 13.4. The molecule has 0 bridgehead atoms. The standard InChI is InChI=1S/C15H24N2O.ClH/c1-3-5-12-17(13-10-7-6-8-11-13)15(18)14(16)9-4-2;/h6-8,10-11,14H,3-5,9,12,16H2,1-2H3;1H. The number of nitrogens with zero attached hydrogens (tertiary/aromatic N) is 1. The first kappa shape index (κ1) is 17.9. The van der Waals surface area contributed by atoms with Crippen LogP contribution in [0.3, 0.4) is 0 Å².